The first-order valence-corrected chi connectivity index (χ1v) is 6.76. The monoisotopic (exact) mass is 265 g/mol. The Morgan fingerprint density at radius 1 is 1.50 bits per heavy atom. The number of carboxylic acid groups (broad SMARTS) is 1. The van der Waals surface area contributed by atoms with Crippen LogP contribution in [0.15, 0.2) is 22.8 Å². The first-order valence-electron chi connectivity index (χ1n) is 5.95. The summed E-state index contributed by atoms with van der Waals surface area (Å²) in [4.78, 5) is 16.3. The Morgan fingerprint density at radius 2 is 2.33 bits per heavy atom. The van der Waals surface area contributed by atoms with Crippen LogP contribution in [0.25, 0.3) is 10.8 Å². The van der Waals surface area contributed by atoms with Crippen LogP contribution < -0.4 is 0 Å². The van der Waals surface area contributed by atoms with Crippen molar-refractivity contribution in [3.8, 4) is 10.8 Å². The van der Waals surface area contributed by atoms with Gasteiger partial charge >= 0.3 is 5.97 Å². The summed E-state index contributed by atoms with van der Waals surface area (Å²) in [5.74, 6) is -0.0238. The van der Waals surface area contributed by atoms with Gasteiger partial charge in [0.1, 0.15) is 0 Å². The molecule has 0 radical (unpaired) electrons. The standard InChI is InChI=1S/C13H15NO3S/c1-2-4-9-11(6-7-12(15)16)18-13(14-9)10-5-3-8-17-10/h3,5,8H,2,4,6-7H2,1H3,(H,15,16). The van der Waals surface area contributed by atoms with Crippen LogP contribution in [0.5, 0.6) is 0 Å². The highest BCUT2D eigenvalue weighted by Crippen LogP contribution is 2.30. The molecule has 5 heteroatoms. The van der Waals surface area contributed by atoms with Crippen molar-refractivity contribution >= 4 is 17.3 Å². The molecule has 0 aliphatic heterocycles. The van der Waals surface area contributed by atoms with E-state index < -0.39 is 5.97 Å². The van der Waals surface area contributed by atoms with Crippen molar-refractivity contribution in [1.82, 2.24) is 4.98 Å². The smallest absolute Gasteiger partial charge is 0.303 e. The summed E-state index contributed by atoms with van der Waals surface area (Å²) in [5.41, 5.74) is 1.01. The highest BCUT2D eigenvalue weighted by Gasteiger charge is 2.14. The molecule has 4 nitrogen and oxygen atoms in total. The summed E-state index contributed by atoms with van der Waals surface area (Å²) in [5, 5.41) is 9.59. The number of hydrogen-bond donors (Lipinski definition) is 1. The lowest BCUT2D eigenvalue weighted by Crippen LogP contribution is -1.98. The van der Waals surface area contributed by atoms with Crippen LogP contribution in [0, 0.1) is 0 Å². The van der Waals surface area contributed by atoms with Crippen molar-refractivity contribution in [3.63, 3.8) is 0 Å². The summed E-state index contributed by atoms with van der Waals surface area (Å²) in [7, 11) is 0. The van der Waals surface area contributed by atoms with Gasteiger partial charge in [-0.15, -0.1) is 11.3 Å². The third kappa shape index (κ3) is 2.98. The molecule has 1 N–H and O–H groups in total. The average molecular weight is 265 g/mol. The number of aliphatic carboxylic acids is 1. The first-order chi connectivity index (χ1) is 8.70. The largest absolute Gasteiger partial charge is 0.481 e. The molecule has 0 fully saturated rings. The zero-order chi connectivity index (χ0) is 13.0. The van der Waals surface area contributed by atoms with Crippen molar-refractivity contribution in [2.75, 3.05) is 0 Å². The highest BCUT2D eigenvalue weighted by atomic mass is 32.1. The van der Waals surface area contributed by atoms with E-state index in [0.29, 0.717) is 6.42 Å². The molecule has 0 unspecified atom stereocenters. The number of furan rings is 1. The van der Waals surface area contributed by atoms with Gasteiger partial charge in [0.15, 0.2) is 10.8 Å². The van der Waals surface area contributed by atoms with E-state index in [4.69, 9.17) is 9.52 Å². The molecule has 0 aromatic carbocycles. The number of hydrogen-bond acceptors (Lipinski definition) is 4. The van der Waals surface area contributed by atoms with Crippen LogP contribution >= 0.6 is 11.3 Å². The van der Waals surface area contributed by atoms with Gasteiger partial charge in [-0.2, -0.15) is 0 Å². The van der Waals surface area contributed by atoms with Gasteiger partial charge in [0, 0.05) is 4.88 Å². The molecule has 2 rings (SSSR count). The van der Waals surface area contributed by atoms with Crippen molar-refractivity contribution in [3.05, 3.63) is 29.0 Å². The van der Waals surface area contributed by atoms with Gasteiger partial charge in [-0.1, -0.05) is 13.3 Å². The van der Waals surface area contributed by atoms with E-state index in [9.17, 15) is 4.79 Å². The molecule has 0 atom stereocenters. The van der Waals surface area contributed by atoms with E-state index in [0.717, 1.165) is 34.2 Å². The maximum absolute atomic E-state index is 10.6. The van der Waals surface area contributed by atoms with E-state index in [2.05, 4.69) is 11.9 Å². The van der Waals surface area contributed by atoms with Gasteiger partial charge in [0.05, 0.1) is 18.4 Å². The summed E-state index contributed by atoms with van der Waals surface area (Å²) in [6, 6.07) is 3.70. The Kier molecular flexibility index (Phi) is 4.15. The third-order valence-electron chi connectivity index (χ3n) is 2.56. The Balaban J connectivity index is 2.23. The Hall–Kier alpha value is -1.62. The van der Waals surface area contributed by atoms with E-state index in [1.165, 1.54) is 11.3 Å². The summed E-state index contributed by atoms with van der Waals surface area (Å²) >= 11 is 1.53. The molecule has 18 heavy (non-hydrogen) atoms. The van der Waals surface area contributed by atoms with Crippen molar-refractivity contribution in [2.45, 2.75) is 32.6 Å². The summed E-state index contributed by atoms with van der Waals surface area (Å²) < 4.78 is 5.32. The Labute approximate surface area is 109 Å². The van der Waals surface area contributed by atoms with Gasteiger partial charge in [0.25, 0.3) is 0 Å². The minimum Gasteiger partial charge on any atom is -0.481 e. The van der Waals surface area contributed by atoms with Gasteiger partial charge in [-0.25, -0.2) is 4.98 Å². The minimum atomic E-state index is -0.773. The second-order valence-electron chi connectivity index (χ2n) is 4.01. The van der Waals surface area contributed by atoms with Crippen LogP contribution in [-0.4, -0.2) is 16.1 Å². The van der Waals surface area contributed by atoms with Crippen molar-refractivity contribution < 1.29 is 14.3 Å². The Morgan fingerprint density at radius 3 is 2.94 bits per heavy atom. The molecule has 2 aromatic heterocycles. The summed E-state index contributed by atoms with van der Waals surface area (Å²) in [6.45, 7) is 2.09. The fraction of sp³-hybridized carbons (Fsp3) is 0.385. The molecule has 0 aliphatic carbocycles. The lowest BCUT2D eigenvalue weighted by molar-refractivity contribution is -0.136. The molecule has 2 heterocycles. The van der Waals surface area contributed by atoms with Crippen LogP contribution in [0.2, 0.25) is 0 Å². The molecule has 96 valence electrons. The zero-order valence-electron chi connectivity index (χ0n) is 10.2. The molecular weight excluding hydrogens is 250 g/mol. The fourth-order valence-corrected chi connectivity index (χ4v) is 2.81. The van der Waals surface area contributed by atoms with E-state index in [1.807, 2.05) is 12.1 Å². The van der Waals surface area contributed by atoms with Gasteiger partial charge in [0.2, 0.25) is 0 Å². The fourth-order valence-electron chi connectivity index (χ4n) is 1.74. The van der Waals surface area contributed by atoms with E-state index in [-0.39, 0.29) is 6.42 Å². The minimum absolute atomic E-state index is 0.149. The molecule has 0 spiro atoms. The molecule has 0 saturated heterocycles. The topological polar surface area (TPSA) is 63.3 Å². The average Bonchev–Trinajstić information content (AvgIpc) is 2.95. The number of carbonyl (C=O) groups is 1. The third-order valence-corrected chi connectivity index (χ3v) is 3.73. The maximum Gasteiger partial charge on any atom is 0.303 e. The number of thiazole rings is 1. The first kappa shape index (κ1) is 12.8. The second-order valence-corrected chi connectivity index (χ2v) is 5.09. The predicted octanol–water partition coefficient (Wildman–Crippen LogP) is 3.37. The van der Waals surface area contributed by atoms with Gasteiger partial charge < -0.3 is 9.52 Å². The lowest BCUT2D eigenvalue weighted by Gasteiger charge is -1.97. The van der Waals surface area contributed by atoms with Crippen molar-refractivity contribution in [1.29, 1.82) is 0 Å². The number of rotatable bonds is 6. The van der Waals surface area contributed by atoms with E-state index >= 15 is 0 Å². The van der Waals surface area contributed by atoms with Crippen LogP contribution in [0.3, 0.4) is 0 Å². The molecule has 0 amide bonds. The van der Waals surface area contributed by atoms with Crippen LogP contribution in [0.1, 0.15) is 30.3 Å². The van der Waals surface area contributed by atoms with Crippen LogP contribution in [-0.2, 0) is 17.6 Å². The quantitative estimate of drug-likeness (QED) is 0.869. The van der Waals surface area contributed by atoms with Gasteiger partial charge in [-0.05, 0) is 25.0 Å². The number of aryl methyl sites for hydroxylation is 2. The Bertz CT molecular complexity index is 516. The highest BCUT2D eigenvalue weighted by molar-refractivity contribution is 7.15. The number of carboxylic acids is 1. The number of aromatic nitrogens is 1. The lowest BCUT2D eigenvalue weighted by atomic mass is 10.2. The van der Waals surface area contributed by atoms with E-state index in [1.54, 1.807) is 6.26 Å². The number of nitrogens with zero attached hydrogens (tertiary/aromatic N) is 1. The van der Waals surface area contributed by atoms with Gasteiger partial charge in [-0.3, -0.25) is 4.79 Å². The molecular formula is C13H15NO3S. The SMILES string of the molecule is CCCc1nc(-c2ccco2)sc1CCC(=O)O. The maximum atomic E-state index is 10.6. The molecule has 2 aromatic rings. The molecule has 0 bridgehead atoms. The second kappa shape index (κ2) is 5.82. The van der Waals surface area contributed by atoms with Crippen LogP contribution in [0.4, 0.5) is 0 Å². The molecule has 0 saturated carbocycles. The van der Waals surface area contributed by atoms with Crippen molar-refractivity contribution in [2.24, 2.45) is 0 Å². The molecule has 0 aliphatic rings. The summed E-state index contributed by atoms with van der Waals surface area (Å²) in [6.07, 6.45) is 4.19. The zero-order valence-corrected chi connectivity index (χ0v) is 11.0. The normalized spacial score (nSPS) is 10.7. The predicted molar refractivity (Wildman–Crippen MR) is 69.8 cm³/mol.